The molecular weight excluding hydrogens is 212 g/mol. The maximum atomic E-state index is 10.4. The van der Waals surface area contributed by atoms with Crippen LogP contribution in [0, 0.1) is 5.92 Å². The first-order valence-corrected chi connectivity index (χ1v) is 7.47. The maximum absolute atomic E-state index is 10.4. The lowest BCUT2D eigenvalue weighted by Crippen LogP contribution is -2.37. The molecule has 0 radical (unpaired) electrons. The van der Waals surface area contributed by atoms with Crippen LogP contribution in [0.15, 0.2) is 0 Å². The van der Waals surface area contributed by atoms with Crippen LogP contribution < -0.4 is 5.32 Å². The second-order valence-electron chi connectivity index (χ2n) is 5.72. The first-order chi connectivity index (χ1) is 8.36. The first-order valence-electron chi connectivity index (χ1n) is 7.47. The van der Waals surface area contributed by atoms with Crippen LogP contribution in [0.3, 0.4) is 0 Å². The fourth-order valence-electron chi connectivity index (χ4n) is 3.16. The van der Waals surface area contributed by atoms with E-state index in [4.69, 9.17) is 0 Å². The zero-order chi connectivity index (χ0) is 11.9. The Bertz CT molecular complexity index is 194. The van der Waals surface area contributed by atoms with Gasteiger partial charge in [0, 0.05) is 6.54 Å². The quantitative estimate of drug-likeness (QED) is 0.787. The molecule has 0 amide bonds. The summed E-state index contributed by atoms with van der Waals surface area (Å²) >= 11 is 0. The molecule has 17 heavy (non-hydrogen) atoms. The van der Waals surface area contributed by atoms with E-state index in [2.05, 4.69) is 10.2 Å². The van der Waals surface area contributed by atoms with Crippen LogP contribution in [0.2, 0.25) is 0 Å². The standard InChI is InChI=1S/C14H28N2O/c17-14(13-6-5-8-15-9-7-13)12-16-10-3-1-2-4-11-16/h13-15,17H,1-12H2. The summed E-state index contributed by atoms with van der Waals surface area (Å²) in [6.07, 6.45) is 8.85. The van der Waals surface area contributed by atoms with Crippen LogP contribution in [0.25, 0.3) is 0 Å². The lowest BCUT2D eigenvalue weighted by atomic mass is 9.94. The summed E-state index contributed by atoms with van der Waals surface area (Å²) in [5.41, 5.74) is 0. The first kappa shape index (κ1) is 13.3. The van der Waals surface area contributed by atoms with Crippen molar-refractivity contribution >= 4 is 0 Å². The van der Waals surface area contributed by atoms with Gasteiger partial charge in [-0.05, 0) is 64.2 Å². The molecule has 2 heterocycles. The Morgan fingerprint density at radius 1 is 1.00 bits per heavy atom. The monoisotopic (exact) mass is 240 g/mol. The molecule has 0 aromatic heterocycles. The molecule has 100 valence electrons. The van der Waals surface area contributed by atoms with Gasteiger partial charge in [-0.1, -0.05) is 12.8 Å². The number of β-amino-alcohol motifs (C(OH)–C–C–N with tert-alkyl or cyclic N) is 1. The van der Waals surface area contributed by atoms with Gasteiger partial charge >= 0.3 is 0 Å². The van der Waals surface area contributed by atoms with E-state index in [-0.39, 0.29) is 6.10 Å². The van der Waals surface area contributed by atoms with Crippen molar-refractivity contribution in [3.63, 3.8) is 0 Å². The van der Waals surface area contributed by atoms with Crippen molar-refractivity contribution in [1.82, 2.24) is 10.2 Å². The number of aliphatic hydroxyl groups excluding tert-OH is 1. The predicted octanol–water partition coefficient (Wildman–Crippen LogP) is 1.61. The Labute approximate surface area is 106 Å². The molecule has 0 aromatic carbocycles. The zero-order valence-corrected chi connectivity index (χ0v) is 11.0. The summed E-state index contributed by atoms with van der Waals surface area (Å²) in [7, 11) is 0. The Morgan fingerprint density at radius 2 is 1.76 bits per heavy atom. The predicted molar refractivity (Wildman–Crippen MR) is 71.1 cm³/mol. The van der Waals surface area contributed by atoms with E-state index >= 15 is 0 Å². The average Bonchev–Trinajstić information content (AvgIpc) is 2.72. The van der Waals surface area contributed by atoms with Crippen molar-refractivity contribution < 1.29 is 5.11 Å². The number of rotatable bonds is 3. The molecule has 0 spiro atoms. The summed E-state index contributed by atoms with van der Waals surface area (Å²) in [5.74, 6) is 0.522. The highest BCUT2D eigenvalue weighted by atomic mass is 16.3. The molecule has 0 saturated carbocycles. The van der Waals surface area contributed by atoms with Crippen molar-refractivity contribution in [2.24, 2.45) is 5.92 Å². The van der Waals surface area contributed by atoms with Gasteiger partial charge in [0.25, 0.3) is 0 Å². The van der Waals surface area contributed by atoms with E-state index < -0.39 is 0 Å². The van der Waals surface area contributed by atoms with Crippen LogP contribution in [0.4, 0.5) is 0 Å². The van der Waals surface area contributed by atoms with Gasteiger partial charge < -0.3 is 15.3 Å². The van der Waals surface area contributed by atoms with Crippen molar-refractivity contribution in [3.8, 4) is 0 Å². The summed E-state index contributed by atoms with van der Waals surface area (Å²) < 4.78 is 0. The Kier molecular flexibility index (Phi) is 5.75. The SMILES string of the molecule is OC(CN1CCCCCC1)C1CCCNCC1. The average molecular weight is 240 g/mol. The molecule has 2 rings (SSSR count). The summed E-state index contributed by atoms with van der Waals surface area (Å²) in [6.45, 7) is 5.52. The number of nitrogens with one attached hydrogen (secondary N) is 1. The van der Waals surface area contributed by atoms with Gasteiger partial charge in [0.2, 0.25) is 0 Å². The van der Waals surface area contributed by atoms with Gasteiger partial charge in [0.15, 0.2) is 0 Å². The second kappa shape index (κ2) is 7.34. The number of nitrogens with zero attached hydrogens (tertiary/aromatic N) is 1. The minimum Gasteiger partial charge on any atom is -0.392 e. The van der Waals surface area contributed by atoms with Crippen molar-refractivity contribution in [2.45, 2.75) is 51.0 Å². The Hall–Kier alpha value is -0.120. The van der Waals surface area contributed by atoms with Gasteiger partial charge in [-0.3, -0.25) is 0 Å². The Balaban J connectivity index is 1.75. The smallest absolute Gasteiger partial charge is 0.0695 e. The van der Waals surface area contributed by atoms with Gasteiger partial charge in [-0.2, -0.15) is 0 Å². The molecule has 2 aliphatic heterocycles. The van der Waals surface area contributed by atoms with Gasteiger partial charge in [0.05, 0.1) is 6.10 Å². The highest BCUT2D eigenvalue weighted by molar-refractivity contribution is 4.77. The third-order valence-corrected chi connectivity index (χ3v) is 4.31. The fraction of sp³-hybridized carbons (Fsp3) is 1.00. The third-order valence-electron chi connectivity index (χ3n) is 4.31. The van der Waals surface area contributed by atoms with Crippen LogP contribution in [0.5, 0.6) is 0 Å². The molecule has 2 saturated heterocycles. The molecule has 3 nitrogen and oxygen atoms in total. The second-order valence-corrected chi connectivity index (χ2v) is 5.72. The lowest BCUT2D eigenvalue weighted by Gasteiger charge is -2.28. The minimum atomic E-state index is -0.104. The van der Waals surface area contributed by atoms with Crippen LogP contribution in [-0.2, 0) is 0 Å². The van der Waals surface area contributed by atoms with Crippen LogP contribution in [-0.4, -0.2) is 48.8 Å². The fourth-order valence-corrected chi connectivity index (χ4v) is 3.16. The number of hydrogen-bond donors (Lipinski definition) is 2. The Morgan fingerprint density at radius 3 is 2.53 bits per heavy atom. The molecule has 2 aliphatic rings. The van der Waals surface area contributed by atoms with E-state index in [1.807, 2.05) is 0 Å². The molecular formula is C14H28N2O. The minimum absolute atomic E-state index is 0.104. The largest absolute Gasteiger partial charge is 0.392 e. The van der Waals surface area contributed by atoms with Crippen molar-refractivity contribution in [3.05, 3.63) is 0 Å². The van der Waals surface area contributed by atoms with Crippen LogP contribution in [0.1, 0.15) is 44.9 Å². The topological polar surface area (TPSA) is 35.5 Å². The van der Waals surface area contributed by atoms with Gasteiger partial charge in [-0.25, -0.2) is 0 Å². The van der Waals surface area contributed by atoms with Gasteiger partial charge in [0.1, 0.15) is 0 Å². The van der Waals surface area contributed by atoms with E-state index in [9.17, 15) is 5.11 Å². The van der Waals surface area contributed by atoms with Crippen molar-refractivity contribution in [2.75, 3.05) is 32.7 Å². The third kappa shape index (κ3) is 4.57. The van der Waals surface area contributed by atoms with Gasteiger partial charge in [-0.15, -0.1) is 0 Å². The van der Waals surface area contributed by atoms with Crippen LogP contribution >= 0.6 is 0 Å². The maximum Gasteiger partial charge on any atom is 0.0695 e. The lowest BCUT2D eigenvalue weighted by molar-refractivity contribution is 0.0594. The normalized spacial score (nSPS) is 30.5. The molecule has 2 atom stereocenters. The molecule has 2 unspecified atom stereocenters. The molecule has 2 N–H and O–H groups in total. The van der Waals surface area contributed by atoms with E-state index in [1.54, 1.807) is 0 Å². The summed E-state index contributed by atoms with van der Waals surface area (Å²) in [6, 6.07) is 0. The zero-order valence-electron chi connectivity index (χ0n) is 11.0. The van der Waals surface area contributed by atoms with E-state index in [0.717, 1.165) is 26.1 Å². The number of likely N-dealkylation sites (tertiary alicyclic amines) is 1. The molecule has 2 fully saturated rings. The van der Waals surface area contributed by atoms with Crippen molar-refractivity contribution in [1.29, 1.82) is 0 Å². The summed E-state index contributed by atoms with van der Waals surface area (Å²) in [5, 5.41) is 13.8. The summed E-state index contributed by atoms with van der Waals surface area (Å²) in [4.78, 5) is 2.48. The number of hydrogen-bond acceptors (Lipinski definition) is 3. The highest BCUT2D eigenvalue weighted by Crippen LogP contribution is 2.19. The molecule has 0 aromatic rings. The molecule has 0 aliphatic carbocycles. The molecule has 0 bridgehead atoms. The van der Waals surface area contributed by atoms with E-state index in [0.29, 0.717) is 5.92 Å². The highest BCUT2D eigenvalue weighted by Gasteiger charge is 2.23. The van der Waals surface area contributed by atoms with E-state index in [1.165, 1.54) is 51.6 Å². The molecule has 3 heteroatoms. The number of aliphatic hydroxyl groups is 1.